The van der Waals surface area contributed by atoms with Crippen LogP contribution < -0.4 is 10.9 Å². The molecule has 0 aliphatic rings. The average molecular weight is 377 g/mol. The number of benzene rings is 2. The summed E-state index contributed by atoms with van der Waals surface area (Å²) in [5.74, 6) is -0.0145. The number of hydrogen-bond donors (Lipinski definition) is 1. The molecular weight excluding hydrogens is 350 g/mol. The molecule has 3 aromatic rings. The molecule has 0 saturated heterocycles. The van der Waals surface area contributed by atoms with E-state index in [1.165, 1.54) is 10.2 Å². The molecule has 146 valence electrons. The molecule has 0 spiro atoms. The van der Waals surface area contributed by atoms with Crippen molar-refractivity contribution in [2.75, 3.05) is 0 Å². The molecular formula is C23H27N3O2. The zero-order valence-corrected chi connectivity index (χ0v) is 16.9. The van der Waals surface area contributed by atoms with Crippen molar-refractivity contribution in [3.63, 3.8) is 0 Å². The van der Waals surface area contributed by atoms with Crippen molar-refractivity contribution in [3.8, 4) is 0 Å². The summed E-state index contributed by atoms with van der Waals surface area (Å²) in [4.78, 5) is 25.9. The number of nitrogens with one attached hydrogen (secondary N) is 1. The number of hydrogen-bond acceptors (Lipinski definition) is 3. The van der Waals surface area contributed by atoms with Gasteiger partial charge in [0.15, 0.2) is 5.69 Å². The number of amides is 1. The molecule has 0 fully saturated rings. The van der Waals surface area contributed by atoms with Crippen LogP contribution in [0.15, 0.2) is 53.3 Å². The van der Waals surface area contributed by atoms with E-state index in [-0.39, 0.29) is 23.4 Å². The summed E-state index contributed by atoms with van der Waals surface area (Å²) < 4.78 is 1.41. The summed E-state index contributed by atoms with van der Waals surface area (Å²) in [5, 5.41) is 8.63. The molecule has 5 heteroatoms. The fourth-order valence-corrected chi connectivity index (χ4v) is 3.32. The van der Waals surface area contributed by atoms with E-state index < -0.39 is 0 Å². The lowest BCUT2D eigenvalue weighted by atomic mass is 10.0. The fraction of sp³-hybridized carbons (Fsp3) is 0.348. The van der Waals surface area contributed by atoms with Crippen LogP contribution in [0.5, 0.6) is 0 Å². The molecule has 1 amide bonds. The van der Waals surface area contributed by atoms with Crippen LogP contribution in [0.2, 0.25) is 0 Å². The summed E-state index contributed by atoms with van der Waals surface area (Å²) in [6.45, 7) is 8.59. The predicted octanol–water partition coefficient (Wildman–Crippen LogP) is 4.24. The lowest BCUT2D eigenvalue weighted by Crippen LogP contribution is -2.33. The Morgan fingerprint density at radius 1 is 1.07 bits per heavy atom. The van der Waals surface area contributed by atoms with Gasteiger partial charge < -0.3 is 5.32 Å². The molecule has 1 atom stereocenters. The topological polar surface area (TPSA) is 64.0 Å². The number of fused-ring (bicyclic) bond motifs is 1. The highest BCUT2D eigenvalue weighted by Crippen LogP contribution is 2.19. The van der Waals surface area contributed by atoms with E-state index in [1.807, 2.05) is 64.1 Å². The number of aromatic nitrogens is 2. The molecule has 1 heterocycles. The summed E-state index contributed by atoms with van der Waals surface area (Å²) in [6.07, 6.45) is 0.762. The second kappa shape index (κ2) is 8.38. The molecule has 0 unspecified atom stereocenters. The maximum Gasteiger partial charge on any atom is 0.274 e. The number of rotatable bonds is 6. The first kappa shape index (κ1) is 19.8. The Kier molecular flexibility index (Phi) is 5.93. The molecule has 3 rings (SSSR count). The van der Waals surface area contributed by atoms with Gasteiger partial charge in [-0.15, -0.1) is 0 Å². The summed E-state index contributed by atoms with van der Waals surface area (Å²) in [7, 11) is 0. The van der Waals surface area contributed by atoms with Gasteiger partial charge in [0.25, 0.3) is 11.5 Å². The first-order chi connectivity index (χ1) is 13.4. The van der Waals surface area contributed by atoms with E-state index in [1.54, 1.807) is 12.1 Å². The number of nitrogens with zero attached hydrogens (tertiary/aromatic N) is 2. The summed E-state index contributed by atoms with van der Waals surface area (Å²) in [6, 6.07) is 15.2. The first-order valence-corrected chi connectivity index (χ1v) is 9.78. The Morgan fingerprint density at radius 2 is 1.71 bits per heavy atom. The highest BCUT2D eigenvalue weighted by atomic mass is 16.2. The van der Waals surface area contributed by atoms with Gasteiger partial charge in [-0.25, -0.2) is 4.68 Å². The van der Waals surface area contributed by atoms with Gasteiger partial charge >= 0.3 is 0 Å². The van der Waals surface area contributed by atoms with Crippen molar-refractivity contribution in [1.29, 1.82) is 0 Å². The van der Waals surface area contributed by atoms with Crippen molar-refractivity contribution < 1.29 is 4.79 Å². The Balaban J connectivity index is 2.01. The summed E-state index contributed by atoms with van der Waals surface area (Å²) >= 11 is 0. The number of aryl methyl sites for hydroxylation is 1. The maximum atomic E-state index is 13.1. The molecule has 0 bridgehead atoms. The molecule has 28 heavy (non-hydrogen) atoms. The maximum absolute atomic E-state index is 13.1. The van der Waals surface area contributed by atoms with Crippen LogP contribution in [0.3, 0.4) is 0 Å². The number of carbonyl (C=O) groups is 1. The largest absolute Gasteiger partial charge is 0.344 e. The van der Waals surface area contributed by atoms with Gasteiger partial charge in [-0.3, -0.25) is 9.59 Å². The minimum absolute atomic E-state index is 0.112. The van der Waals surface area contributed by atoms with Crippen LogP contribution in [0.4, 0.5) is 0 Å². The van der Waals surface area contributed by atoms with E-state index in [0.717, 1.165) is 12.0 Å². The zero-order valence-electron chi connectivity index (χ0n) is 16.9. The van der Waals surface area contributed by atoms with Crippen molar-refractivity contribution in [3.05, 3.63) is 75.7 Å². The van der Waals surface area contributed by atoms with Crippen molar-refractivity contribution >= 4 is 16.7 Å². The van der Waals surface area contributed by atoms with Gasteiger partial charge in [-0.05, 0) is 30.9 Å². The lowest BCUT2D eigenvalue weighted by molar-refractivity contribution is 0.0929. The lowest BCUT2D eigenvalue weighted by Gasteiger charge is -2.19. The van der Waals surface area contributed by atoms with Gasteiger partial charge in [0, 0.05) is 11.9 Å². The van der Waals surface area contributed by atoms with Crippen LogP contribution >= 0.6 is 0 Å². The first-order valence-electron chi connectivity index (χ1n) is 9.78. The van der Waals surface area contributed by atoms with Gasteiger partial charge in [0.1, 0.15) is 0 Å². The highest BCUT2D eigenvalue weighted by molar-refractivity contribution is 6.04. The van der Waals surface area contributed by atoms with E-state index in [0.29, 0.717) is 23.0 Å². The van der Waals surface area contributed by atoms with Crippen LogP contribution in [-0.2, 0) is 6.54 Å². The van der Waals surface area contributed by atoms with E-state index in [9.17, 15) is 9.59 Å². The van der Waals surface area contributed by atoms with Gasteiger partial charge in [-0.2, -0.15) is 5.10 Å². The third kappa shape index (κ3) is 4.14. The Labute approximate surface area is 165 Å². The molecule has 0 radical (unpaired) electrons. The van der Waals surface area contributed by atoms with E-state index in [4.69, 9.17) is 0 Å². The predicted molar refractivity (Wildman–Crippen MR) is 113 cm³/mol. The fourth-order valence-electron chi connectivity index (χ4n) is 3.32. The quantitative estimate of drug-likeness (QED) is 0.699. The van der Waals surface area contributed by atoms with Crippen molar-refractivity contribution in [2.45, 2.75) is 46.7 Å². The van der Waals surface area contributed by atoms with E-state index >= 15 is 0 Å². The van der Waals surface area contributed by atoms with Crippen LogP contribution in [0.1, 0.15) is 54.8 Å². The molecule has 0 aliphatic heterocycles. The average Bonchev–Trinajstić information content (AvgIpc) is 2.68. The van der Waals surface area contributed by atoms with E-state index in [2.05, 4.69) is 10.4 Å². The van der Waals surface area contributed by atoms with Crippen molar-refractivity contribution in [2.24, 2.45) is 5.92 Å². The SMILES string of the molecule is CC[C@H](NC(=O)c1nn(CC(C)C)c(=O)c2ccccc12)c1ccc(C)cc1. The third-order valence-electron chi connectivity index (χ3n) is 4.81. The molecule has 0 aliphatic carbocycles. The van der Waals surface area contributed by atoms with Crippen LogP contribution in [0, 0.1) is 12.8 Å². The standard InChI is InChI=1S/C23H27N3O2/c1-5-20(17-12-10-16(4)11-13-17)24-22(27)21-18-8-6-7-9-19(18)23(28)26(25-21)14-15(2)3/h6-13,15,20H,5,14H2,1-4H3,(H,24,27)/t20-/m0/s1. The second-order valence-corrected chi connectivity index (χ2v) is 7.62. The minimum atomic E-state index is -0.263. The zero-order chi connectivity index (χ0) is 20.3. The van der Waals surface area contributed by atoms with Crippen LogP contribution in [-0.4, -0.2) is 15.7 Å². The van der Waals surface area contributed by atoms with Crippen LogP contribution in [0.25, 0.3) is 10.8 Å². The smallest absolute Gasteiger partial charge is 0.274 e. The molecule has 1 aromatic heterocycles. The second-order valence-electron chi connectivity index (χ2n) is 7.62. The molecule has 1 N–H and O–H groups in total. The Bertz CT molecular complexity index is 1040. The molecule has 0 saturated carbocycles. The normalized spacial score (nSPS) is 12.3. The van der Waals surface area contributed by atoms with Gasteiger partial charge in [-0.1, -0.05) is 68.8 Å². The van der Waals surface area contributed by atoms with Crippen molar-refractivity contribution in [1.82, 2.24) is 15.1 Å². The number of carbonyl (C=O) groups excluding carboxylic acids is 1. The minimum Gasteiger partial charge on any atom is -0.344 e. The van der Waals surface area contributed by atoms with Gasteiger partial charge in [0.05, 0.1) is 11.4 Å². The Hall–Kier alpha value is -2.95. The molecule has 2 aromatic carbocycles. The monoisotopic (exact) mass is 377 g/mol. The highest BCUT2D eigenvalue weighted by Gasteiger charge is 2.20. The Morgan fingerprint density at radius 3 is 2.32 bits per heavy atom. The van der Waals surface area contributed by atoms with Gasteiger partial charge in [0.2, 0.25) is 0 Å². The third-order valence-corrected chi connectivity index (χ3v) is 4.81. The summed E-state index contributed by atoms with van der Waals surface area (Å²) in [5.41, 5.74) is 2.37. The molecule has 5 nitrogen and oxygen atoms in total.